The van der Waals surface area contributed by atoms with Gasteiger partial charge >= 0.3 is 0 Å². The third-order valence-electron chi connectivity index (χ3n) is 10.7. The molecule has 0 aromatic carbocycles. The minimum absolute atomic E-state index is 0.118. The first-order valence-corrected chi connectivity index (χ1v) is 26.3. The van der Waals surface area contributed by atoms with Gasteiger partial charge in [0, 0.05) is 6.42 Å². The highest BCUT2D eigenvalue weighted by atomic mass is 16.3. The Bertz CT molecular complexity index is 1490. The molecule has 2 unspecified atom stereocenters. The summed E-state index contributed by atoms with van der Waals surface area (Å²) in [6, 6.07) is -0.677. The quantitative estimate of drug-likeness (QED) is 0.0421. The number of amides is 1. The van der Waals surface area contributed by atoms with Crippen LogP contribution in [0.15, 0.2) is 170 Å². The standard InChI is InChI=1S/C62H97NO3/c1-3-5-7-9-11-13-15-17-19-21-22-23-24-25-26-27-28-29-30-31-32-33-34-35-36-37-38-39-40-42-44-46-48-50-52-54-56-58-62(66)63-60(59-64)61(65)57-55-53-51-49-47-45-43-41-20-18-16-14-12-10-8-6-4-2/h5,7,11,13,17,19-20,22-23,25-26,28-29,31-32,34-35,37-38,40-42,46-49,55,57,60-61,64-65H,3-4,6,8-10,12,14-16,18,21,24,27,30,33,36,39,43-45,50-54,56,58-59H2,1-2H3,(H,63,66)/b7-5-,13-11-,19-17-,23-22-,26-25-,29-28-,32-31-,35-34-,38-37-,41-20+,42-40-,48-46-,49-47+,57-55+. The number of carbonyl (C=O) groups is 1. The van der Waals surface area contributed by atoms with Gasteiger partial charge in [0.2, 0.25) is 5.91 Å². The van der Waals surface area contributed by atoms with Crippen molar-refractivity contribution in [1.82, 2.24) is 5.32 Å². The first-order valence-electron chi connectivity index (χ1n) is 26.3. The van der Waals surface area contributed by atoms with Crippen LogP contribution in [0.25, 0.3) is 0 Å². The number of unbranched alkanes of at least 4 members (excludes halogenated alkanes) is 12. The van der Waals surface area contributed by atoms with E-state index in [-0.39, 0.29) is 12.5 Å². The van der Waals surface area contributed by atoms with E-state index in [2.05, 4.69) is 177 Å². The molecule has 1 amide bonds. The van der Waals surface area contributed by atoms with Crippen LogP contribution in [0.3, 0.4) is 0 Å². The minimum Gasteiger partial charge on any atom is -0.394 e. The van der Waals surface area contributed by atoms with Crippen molar-refractivity contribution in [3.8, 4) is 0 Å². The number of aliphatic hydroxyl groups excluding tert-OH is 2. The van der Waals surface area contributed by atoms with Crippen LogP contribution in [0.1, 0.15) is 194 Å². The van der Waals surface area contributed by atoms with Crippen molar-refractivity contribution in [2.45, 2.75) is 206 Å². The van der Waals surface area contributed by atoms with Crippen molar-refractivity contribution in [2.75, 3.05) is 6.61 Å². The number of carbonyl (C=O) groups excluding carboxylic acids is 1. The number of rotatable bonds is 45. The lowest BCUT2D eigenvalue weighted by molar-refractivity contribution is -0.123. The topological polar surface area (TPSA) is 69.6 Å². The molecular formula is C62H97NO3. The van der Waals surface area contributed by atoms with E-state index >= 15 is 0 Å². The predicted molar refractivity (Wildman–Crippen MR) is 294 cm³/mol. The first kappa shape index (κ1) is 61.8. The Balaban J connectivity index is 3.78. The number of hydrogen-bond acceptors (Lipinski definition) is 3. The summed E-state index contributed by atoms with van der Waals surface area (Å²) in [6.07, 6.45) is 90.5. The Labute approximate surface area is 407 Å². The van der Waals surface area contributed by atoms with E-state index in [1.165, 1.54) is 51.4 Å². The summed E-state index contributed by atoms with van der Waals surface area (Å²) in [5.74, 6) is -0.118. The molecule has 0 spiro atoms. The SMILES string of the molecule is CC/C=C\C/C=C\C/C=C\C/C=C\C/C=C\C/C=C\C/C=C\C/C=C\C/C=C\C/C=C\C/C=C\CCCCCC(=O)NC(CO)C(O)/C=C/CC/C=C/CC/C=C/CCCCCCCCC. The largest absolute Gasteiger partial charge is 0.394 e. The van der Waals surface area contributed by atoms with E-state index in [1.54, 1.807) is 6.08 Å². The predicted octanol–water partition coefficient (Wildman–Crippen LogP) is 17.6. The molecule has 0 fully saturated rings. The van der Waals surface area contributed by atoms with Crippen LogP contribution in [0.4, 0.5) is 0 Å². The van der Waals surface area contributed by atoms with Gasteiger partial charge < -0.3 is 15.5 Å². The molecular weight excluding hydrogens is 807 g/mol. The Morgan fingerprint density at radius 1 is 0.379 bits per heavy atom. The zero-order chi connectivity index (χ0) is 47.7. The van der Waals surface area contributed by atoms with Gasteiger partial charge in [-0.1, -0.05) is 229 Å². The van der Waals surface area contributed by atoms with E-state index < -0.39 is 12.1 Å². The molecule has 0 saturated carbocycles. The van der Waals surface area contributed by atoms with Gasteiger partial charge in [0.05, 0.1) is 18.8 Å². The monoisotopic (exact) mass is 904 g/mol. The second-order valence-corrected chi connectivity index (χ2v) is 16.8. The summed E-state index contributed by atoms with van der Waals surface area (Å²) >= 11 is 0. The molecule has 66 heavy (non-hydrogen) atoms. The van der Waals surface area contributed by atoms with Gasteiger partial charge in [0.1, 0.15) is 0 Å². The van der Waals surface area contributed by atoms with Crippen molar-refractivity contribution in [3.05, 3.63) is 170 Å². The zero-order valence-corrected chi connectivity index (χ0v) is 42.1. The van der Waals surface area contributed by atoms with E-state index in [0.717, 1.165) is 122 Å². The van der Waals surface area contributed by atoms with Crippen LogP contribution in [0.2, 0.25) is 0 Å². The molecule has 0 saturated heterocycles. The molecule has 2 atom stereocenters. The Morgan fingerprint density at radius 2 is 0.682 bits per heavy atom. The highest BCUT2D eigenvalue weighted by Gasteiger charge is 2.17. The van der Waals surface area contributed by atoms with Gasteiger partial charge in [-0.25, -0.2) is 0 Å². The van der Waals surface area contributed by atoms with E-state index in [1.807, 2.05) is 6.08 Å². The number of aliphatic hydroxyl groups is 2. The zero-order valence-electron chi connectivity index (χ0n) is 42.1. The van der Waals surface area contributed by atoms with Crippen molar-refractivity contribution >= 4 is 5.91 Å². The molecule has 0 heterocycles. The summed E-state index contributed by atoms with van der Waals surface area (Å²) in [7, 11) is 0. The smallest absolute Gasteiger partial charge is 0.220 e. The van der Waals surface area contributed by atoms with Crippen LogP contribution in [0.5, 0.6) is 0 Å². The fraction of sp³-hybridized carbons (Fsp3) is 0.532. The molecule has 0 aliphatic rings. The Hall–Kier alpha value is -4.25. The Morgan fingerprint density at radius 3 is 1.06 bits per heavy atom. The van der Waals surface area contributed by atoms with Gasteiger partial charge in [-0.15, -0.1) is 0 Å². The van der Waals surface area contributed by atoms with Crippen molar-refractivity contribution < 1.29 is 15.0 Å². The molecule has 0 bridgehead atoms. The van der Waals surface area contributed by atoms with Crippen molar-refractivity contribution in [1.29, 1.82) is 0 Å². The average molecular weight is 904 g/mol. The highest BCUT2D eigenvalue weighted by Crippen LogP contribution is 2.10. The summed E-state index contributed by atoms with van der Waals surface area (Å²) < 4.78 is 0. The second-order valence-electron chi connectivity index (χ2n) is 16.8. The summed E-state index contributed by atoms with van der Waals surface area (Å²) in [5.41, 5.74) is 0. The summed E-state index contributed by atoms with van der Waals surface area (Å²) in [4.78, 5) is 12.4. The highest BCUT2D eigenvalue weighted by molar-refractivity contribution is 5.76. The normalized spacial score (nSPS) is 14.3. The summed E-state index contributed by atoms with van der Waals surface area (Å²) in [5, 5.41) is 23.0. The fourth-order valence-electron chi connectivity index (χ4n) is 6.68. The van der Waals surface area contributed by atoms with Crippen LogP contribution in [0, 0.1) is 0 Å². The average Bonchev–Trinajstić information content (AvgIpc) is 3.32. The molecule has 0 aliphatic carbocycles. The fourth-order valence-corrected chi connectivity index (χ4v) is 6.68. The number of hydrogen-bond donors (Lipinski definition) is 3. The van der Waals surface area contributed by atoms with Gasteiger partial charge in [-0.2, -0.15) is 0 Å². The maximum Gasteiger partial charge on any atom is 0.220 e. The third-order valence-corrected chi connectivity index (χ3v) is 10.7. The van der Waals surface area contributed by atoms with Gasteiger partial charge in [-0.05, 0) is 128 Å². The van der Waals surface area contributed by atoms with Crippen LogP contribution >= 0.6 is 0 Å². The van der Waals surface area contributed by atoms with Gasteiger partial charge in [0.25, 0.3) is 0 Å². The molecule has 0 aromatic rings. The van der Waals surface area contributed by atoms with Crippen molar-refractivity contribution in [3.63, 3.8) is 0 Å². The van der Waals surface area contributed by atoms with Gasteiger partial charge in [0.15, 0.2) is 0 Å². The number of nitrogens with one attached hydrogen (secondary N) is 1. The van der Waals surface area contributed by atoms with Crippen LogP contribution in [-0.4, -0.2) is 34.9 Å². The lowest BCUT2D eigenvalue weighted by Crippen LogP contribution is -2.45. The third kappa shape index (κ3) is 50.7. The minimum atomic E-state index is -0.897. The molecule has 0 radical (unpaired) electrons. The van der Waals surface area contributed by atoms with Crippen LogP contribution < -0.4 is 5.32 Å². The maximum atomic E-state index is 12.4. The lowest BCUT2D eigenvalue weighted by atomic mass is 10.1. The van der Waals surface area contributed by atoms with E-state index in [4.69, 9.17) is 0 Å². The second kappa shape index (κ2) is 55.1. The molecule has 3 N–H and O–H groups in total. The van der Waals surface area contributed by atoms with E-state index in [9.17, 15) is 15.0 Å². The maximum absolute atomic E-state index is 12.4. The molecule has 0 aromatic heterocycles. The molecule has 4 nitrogen and oxygen atoms in total. The number of allylic oxidation sites excluding steroid dienone is 27. The molecule has 4 heteroatoms. The van der Waals surface area contributed by atoms with Crippen LogP contribution in [-0.2, 0) is 4.79 Å². The van der Waals surface area contributed by atoms with E-state index in [0.29, 0.717) is 6.42 Å². The van der Waals surface area contributed by atoms with Crippen molar-refractivity contribution in [2.24, 2.45) is 0 Å². The molecule has 0 aliphatic heterocycles. The first-order chi connectivity index (χ1) is 32.7. The molecule has 368 valence electrons. The lowest BCUT2D eigenvalue weighted by Gasteiger charge is -2.19. The van der Waals surface area contributed by atoms with Gasteiger partial charge in [-0.3, -0.25) is 4.79 Å². The summed E-state index contributed by atoms with van der Waals surface area (Å²) in [6.45, 7) is 4.14. The Kier molecular flexibility index (Phi) is 51.5. The molecule has 0 rings (SSSR count).